The Morgan fingerprint density at radius 1 is 0.882 bits per heavy atom. The third kappa shape index (κ3) is 16.6. The smallest absolute Gasteiger partial charge is 1.00 e. The summed E-state index contributed by atoms with van der Waals surface area (Å²) < 4.78 is 0. The van der Waals surface area contributed by atoms with Crippen LogP contribution in [0.1, 0.15) is 79.0 Å². The first-order valence-electron chi connectivity index (χ1n) is 6.93. The van der Waals surface area contributed by atoms with Gasteiger partial charge in [0.25, 0.3) is 0 Å². The average Bonchev–Trinajstić information content (AvgIpc) is 2.27. The third-order valence-corrected chi connectivity index (χ3v) is 2.95. The predicted molar refractivity (Wildman–Crippen MR) is 69.7 cm³/mol. The van der Waals surface area contributed by atoms with Crippen LogP contribution in [0.3, 0.4) is 0 Å². The molecule has 0 atom stereocenters. The summed E-state index contributed by atoms with van der Waals surface area (Å²) in [4.78, 5) is 11.1. The fraction of sp³-hybridized carbons (Fsp3) is 0.929. The number of carbonyl (C=O) groups is 1. The van der Waals surface area contributed by atoms with E-state index >= 15 is 0 Å². The molecule has 0 aromatic rings. The number of unbranched alkanes of at least 4 members (excludes halogenated alkanes) is 8. The van der Waals surface area contributed by atoms with Gasteiger partial charge in [-0.15, -0.1) is 0 Å². The summed E-state index contributed by atoms with van der Waals surface area (Å²) in [5.41, 5.74) is 0. The zero-order valence-corrected chi connectivity index (χ0v) is 13.8. The standard InChI is InChI=1S/C14H28O2.Na.H/c1-2-3-4-5-6-7-8-9-10-11-14(16)12-13-15;;/h15H,2-13H2,1H3;;/q;+1;-1. The Bertz CT molecular complexity index is 166. The second-order valence-corrected chi connectivity index (χ2v) is 4.59. The van der Waals surface area contributed by atoms with Gasteiger partial charge in [0.1, 0.15) is 5.78 Å². The Hall–Kier alpha value is 0.630. The van der Waals surface area contributed by atoms with Crippen molar-refractivity contribution in [2.24, 2.45) is 0 Å². The van der Waals surface area contributed by atoms with E-state index in [1.54, 1.807) is 0 Å². The maximum absolute atomic E-state index is 11.1. The van der Waals surface area contributed by atoms with Gasteiger partial charge in [0.2, 0.25) is 0 Å². The first-order valence-corrected chi connectivity index (χ1v) is 6.93. The van der Waals surface area contributed by atoms with E-state index in [1.165, 1.54) is 51.4 Å². The number of ketones is 1. The van der Waals surface area contributed by atoms with Gasteiger partial charge in [0.15, 0.2) is 0 Å². The number of aliphatic hydroxyl groups is 1. The number of Topliss-reactive ketones (excluding diaryl/α,β-unsaturated/α-hetero) is 1. The van der Waals surface area contributed by atoms with E-state index in [0.29, 0.717) is 12.8 Å². The van der Waals surface area contributed by atoms with Crippen LogP contribution in [0.4, 0.5) is 0 Å². The Labute approximate surface area is 130 Å². The van der Waals surface area contributed by atoms with Crippen molar-refractivity contribution in [1.29, 1.82) is 0 Å². The predicted octanol–water partition coefficient (Wildman–Crippen LogP) is 0.975. The molecule has 2 nitrogen and oxygen atoms in total. The molecule has 0 aliphatic carbocycles. The van der Waals surface area contributed by atoms with Gasteiger partial charge in [0, 0.05) is 19.4 Å². The summed E-state index contributed by atoms with van der Waals surface area (Å²) in [5, 5.41) is 8.56. The van der Waals surface area contributed by atoms with Crippen LogP contribution >= 0.6 is 0 Å². The number of rotatable bonds is 12. The van der Waals surface area contributed by atoms with Gasteiger partial charge in [-0.2, -0.15) is 0 Å². The van der Waals surface area contributed by atoms with Crippen LogP contribution < -0.4 is 29.6 Å². The van der Waals surface area contributed by atoms with Crippen LogP contribution in [0.15, 0.2) is 0 Å². The monoisotopic (exact) mass is 252 g/mol. The zero-order valence-electron chi connectivity index (χ0n) is 12.8. The van der Waals surface area contributed by atoms with Gasteiger partial charge >= 0.3 is 29.6 Å². The Morgan fingerprint density at radius 3 is 1.82 bits per heavy atom. The van der Waals surface area contributed by atoms with Gasteiger partial charge in [0.05, 0.1) is 0 Å². The number of aliphatic hydroxyl groups excluding tert-OH is 1. The van der Waals surface area contributed by atoms with Crippen molar-refractivity contribution < 1.29 is 40.9 Å². The Balaban J connectivity index is -0.00000112. The molecule has 17 heavy (non-hydrogen) atoms. The molecule has 0 aliphatic rings. The molecule has 0 fully saturated rings. The second kappa shape index (κ2) is 16.6. The third-order valence-electron chi connectivity index (χ3n) is 2.95. The normalized spacial score (nSPS) is 10.0. The molecule has 0 saturated heterocycles. The molecule has 98 valence electrons. The minimum Gasteiger partial charge on any atom is -1.00 e. The zero-order chi connectivity index (χ0) is 12.1. The van der Waals surface area contributed by atoms with Gasteiger partial charge in [-0.05, 0) is 6.42 Å². The van der Waals surface area contributed by atoms with Gasteiger partial charge < -0.3 is 6.53 Å². The molecule has 0 amide bonds. The van der Waals surface area contributed by atoms with Crippen LogP contribution in [0.5, 0.6) is 0 Å². The number of carbonyl (C=O) groups excluding carboxylic acids is 1. The summed E-state index contributed by atoms with van der Waals surface area (Å²) >= 11 is 0. The molecule has 0 heterocycles. The summed E-state index contributed by atoms with van der Waals surface area (Å²) in [6, 6.07) is 0. The van der Waals surface area contributed by atoms with E-state index in [4.69, 9.17) is 5.11 Å². The SMILES string of the molecule is CCCCCCCCCCCC(=O)CCO.[H-].[Na+]. The molecule has 0 spiro atoms. The molecular formula is C14H29NaO2. The van der Waals surface area contributed by atoms with Gasteiger partial charge in [-0.25, -0.2) is 0 Å². The van der Waals surface area contributed by atoms with Crippen LogP contribution in [-0.2, 0) is 4.79 Å². The maximum Gasteiger partial charge on any atom is 1.00 e. The van der Waals surface area contributed by atoms with Crippen molar-refractivity contribution in [2.75, 3.05) is 6.61 Å². The van der Waals surface area contributed by atoms with E-state index in [2.05, 4.69) is 6.92 Å². The summed E-state index contributed by atoms with van der Waals surface area (Å²) in [6.45, 7) is 2.25. The molecule has 0 radical (unpaired) electrons. The number of hydrogen-bond donors (Lipinski definition) is 1. The largest absolute Gasteiger partial charge is 1.00 e. The van der Waals surface area contributed by atoms with Crippen LogP contribution in [0.25, 0.3) is 0 Å². The maximum atomic E-state index is 11.1. The molecule has 0 bridgehead atoms. The van der Waals surface area contributed by atoms with E-state index in [9.17, 15) is 4.79 Å². The minimum absolute atomic E-state index is 0. The molecule has 3 heteroatoms. The van der Waals surface area contributed by atoms with E-state index < -0.39 is 0 Å². The molecule has 0 aliphatic heterocycles. The first-order chi connectivity index (χ1) is 7.81. The molecule has 0 unspecified atom stereocenters. The topological polar surface area (TPSA) is 37.3 Å². The fourth-order valence-corrected chi connectivity index (χ4v) is 1.88. The van der Waals surface area contributed by atoms with Gasteiger partial charge in [-0.1, -0.05) is 58.3 Å². The van der Waals surface area contributed by atoms with Crippen LogP contribution in [0.2, 0.25) is 0 Å². The van der Waals surface area contributed by atoms with Crippen molar-refractivity contribution in [3.8, 4) is 0 Å². The second-order valence-electron chi connectivity index (χ2n) is 4.59. The molecular weight excluding hydrogens is 223 g/mol. The van der Waals surface area contributed by atoms with Crippen LogP contribution in [-0.4, -0.2) is 17.5 Å². The fourth-order valence-electron chi connectivity index (χ4n) is 1.88. The van der Waals surface area contributed by atoms with E-state index in [1.807, 2.05) is 0 Å². The average molecular weight is 252 g/mol. The van der Waals surface area contributed by atoms with E-state index in [-0.39, 0.29) is 43.4 Å². The first kappa shape index (κ1) is 20.0. The minimum atomic E-state index is 0. The Kier molecular flexibility index (Phi) is 19.5. The van der Waals surface area contributed by atoms with Crippen molar-refractivity contribution in [3.63, 3.8) is 0 Å². The van der Waals surface area contributed by atoms with Crippen LogP contribution in [0, 0.1) is 0 Å². The molecule has 0 rings (SSSR count). The van der Waals surface area contributed by atoms with Crippen molar-refractivity contribution in [2.45, 2.75) is 77.6 Å². The van der Waals surface area contributed by atoms with Gasteiger partial charge in [-0.3, -0.25) is 4.79 Å². The number of hydrogen-bond acceptors (Lipinski definition) is 2. The molecule has 1 N–H and O–H groups in total. The molecule has 0 aromatic heterocycles. The van der Waals surface area contributed by atoms with Crippen molar-refractivity contribution in [3.05, 3.63) is 0 Å². The van der Waals surface area contributed by atoms with Crippen molar-refractivity contribution in [1.82, 2.24) is 0 Å². The molecule has 0 aromatic carbocycles. The van der Waals surface area contributed by atoms with Crippen molar-refractivity contribution >= 4 is 5.78 Å². The quantitative estimate of drug-likeness (QED) is 0.415. The van der Waals surface area contributed by atoms with E-state index in [0.717, 1.165) is 6.42 Å². The molecule has 0 saturated carbocycles. The summed E-state index contributed by atoms with van der Waals surface area (Å²) in [6.07, 6.45) is 12.6. The Morgan fingerprint density at radius 2 is 1.35 bits per heavy atom. The summed E-state index contributed by atoms with van der Waals surface area (Å²) in [5.74, 6) is 0.213. The summed E-state index contributed by atoms with van der Waals surface area (Å²) in [7, 11) is 0.